The number of hydrogen-bond donors (Lipinski definition) is 2. The van der Waals surface area contributed by atoms with Gasteiger partial charge in [0.05, 0.1) is 12.3 Å². The molecule has 1 fully saturated rings. The Hall–Kier alpha value is -1.36. The van der Waals surface area contributed by atoms with E-state index in [-0.39, 0.29) is 12.0 Å². The average molecular weight is 181 g/mol. The molecule has 0 aliphatic carbocycles. The molecule has 0 spiro atoms. The number of likely N-dealkylation sites (tertiary alicyclic amines) is 1. The Kier molecular flexibility index (Phi) is 1.81. The highest BCUT2D eigenvalue weighted by Crippen LogP contribution is 2.13. The summed E-state index contributed by atoms with van der Waals surface area (Å²) >= 11 is 0. The van der Waals surface area contributed by atoms with E-state index in [2.05, 4.69) is 10.2 Å². The summed E-state index contributed by atoms with van der Waals surface area (Å²) in [7, 11) is 0. The summed E-state index contributed by atoms with van der Waals surface area (Å²) in [6.07, 6.45) is 1.26. The van der Waals surface area contributed by atoms with Gasteiger partial charge < -0.3 is 10.0 Å². The van der Waals surface area contributed by atoms with Crippen molar-refractivity contribution in [1.82, 2.24) is 15.1 Å². The number of carbonyl (C=O) groups is 1. The summed E-state index contributed by atoms with van der Waals surface area (Å²) in [5.74, 6) is -0.0831. The molecule has 1 aliphatic rings. The maximum absolute atomic E-state index is 11.6. The second-order valence-electron chi connectivity index (χ2n) is 3.29. The number of nitrogens with one attached hydrogen (secondary N) is 1. The third kappa shape index (κ3) is 1.31. The fraction of sp³-hybridized carbons (Fsp3) is 0.500. The minimum Gasteiger partial charge on any atom is -0.389 e. The summed E-state index contributed by atoms with van der Waals surface area (Å²) in [5, 5.41) is 15.4. The minimum absolute atomic E-state index is 0.0831. The highest BCUT2D eigenvalue weighted by Gasteiger charge is 2.30. The molecule has 13 heavy (non-hydrogen) atoms. The van der Waals surface area contributed by atoms with Crippen LogP contribution in [0.25, 0.3) is 0 Å². The second-order valence-corrected chi connectivity index (χ2v) is 3.29. The standard InChI is InChI=1S/C8H11N3O2/c1-5-2-9-10-7(5)8(13)11-3-6(12)4-11/h2,6,12H,3-4H2,1H3,(H,9,10). The fourth-order valence-electron chi connectivity index (χ4n) is 1.34. The number of H-pyrrole nitrogens is 1. The number of nitrogens with zero attached hydrogens (tertiary/aromatic N) is 2. The Balaban J connectivity index is 2.10. The zero-order valence-electron chi connectivity index (χ0n) is 7.32. The predicted octanol–water partition coefficient (Wildman–Crippen LogP) is -0.465. The van der Waals surface area contributed by atoms with E-state index in [1.54, 1.807) is 11.1 Å². The van der Waals surface area contributed by atoms with Crippen LogP contribution < -0.4 is 0 Å². The summed E-state index contributed by atoms with van der Waals surface area (Å²) < 4.78 is 0. The first kappa shape index (κ1) is 8.25. The van der Waals surface area contributed by atoms with Gasteiger partial charge in [0.1, 0.15) is 5.69 Å². The maximum Gasteiger partial charge on any atom is 0.272 e. The molecule has 0 atom stereocenters. The van der Waals surface area contributed by atoms with Crippen LogP contribution in [0, 0.1) is 6.92 Å². The minimum atomic E-state index is -0.354. The third-order valence-electron chi connectivity index (χ3n) is 2.19. The van der Waals surface area contributed by atoms with Crippen molar-refractivity contribution in [2.45, 2.75) is 13.0 Å². The molecule has 0 unspecified atom stereocenters. The number of amides is 1. The van der Waals surface area contributed by atoms with Crippen molar-refractivity contribution >= 4 is 5.91 Å². The van der Waals surface area contributed by atoms with Crippen molar-refractivity contribution in [2.24, 2.45) is 0 Å². The smallest absolute Gasteiger partial charge is 0.272 e. The second kappa shape index (κ2) is 2.85. The molecule has 1 saturated heterocycles. The highest BCUT2D eigenvalue weighted by molar-refractivity contribution is 5.94. The van der Waals surface area contributed by atoms with Gasteiger partial charge in [-0.1, -0.05) is 0 Å². The van der Waals surface area contributed by atoms with Crippen molar-refractivity contribution in [2.75, 3.05) is 13.1 Å². The largest absolute Gasteiger partial charge is 0.389 e. The lowest BCUT2D eigenvalue weighted by molar-refractivity contribution is 0.00545. The summed E-state index contributed by atoms with van der Waals surface area (Å²) in [5.41, 5.74) is 1.36. The van der Waals surface area contributed by atoms with Crippen LogP contribution in [-0.2, 0) is 0 Å². The molecule has 1 aliphatic heterocycles. The molecule has 70 valence electrons. The summed E-state index contributed by atoms with van der Waals surface area (Å²) in [6, 6.07) is 0. The number of rotatable bonds is 1. The van der Waals surface area contributed by atoms with E-state index in [1.807, 2.05) is 6.92 Å². The maximum atomic E-state index is 11.6. The molecule has 0 saturated carbocycles. The molecule has 2 N–H and O–H groups in total. The Bertz CT molecular complexity index is 328. The third-order valence-corrected chi connectivity index (χ3v) is 2.19. The molecular weight excluding hydrogens is 170 g/mol. The van der Waals surface area contributed by atoms with Crippen LogP contribution in [0.15, 0.2) is 6.20 Å². The summed E-state index contributed by atoms with van der Waals surface area (Å²) in [6.45, 7) is 2.68. The van der Waals surface area contributed by atoms with Gasteiger partial charge in [-0.3, -0.25) is 9.89 Å². The fourth-order valence-corrected chi connectivity index (χ4v) is 1.34. The van der Waals surface area contributed by atoms with Gasteiger partial charge in [-0.25, -0.2) is 0 Å². The Labute approximate surface area is 75.4 Å². The van der Waals surface area contributed by atoms with E-state index in [1.165, 1.54) is 0 Å². The van der Waals surface area contributed by atoms with Gasteiger partial charge in [-0.15, -0.1) is 0 Å². The first-order chi connectivity index (χ1) is 6.18. The number of carbonyl (C=O) groups excluding carboxylic acids is 1. The molecule has 5 nitrogen and oxygen atoms in total. The van der Waals surface area contributed by atoms with Gasteiger partial charge in [-0.2, -0.15) is 5.10 Å². The van der Waals surface area contributed by atoms with E-state index >= 15 is 0 Å². The lowest BCUT2D eigenvalue weighted by atomic mass is 10.1. The number of aliphatic hydroxyl groups excluding tert-OH is 1. The van der Waals surface area contributed by atoms with Crippen LogP contribution in [0.2, 0.25) is 0 Å². The van der Waals surface area contributed by atoms with Gasteiger partial charge in [0, 0.05) is 13.1 Å². The van der Waals surface area contributed by atoms with Gasteiger partial charge >= 0.3 is 0 Å². The van der Waals surface area contributed by atoms with Crippen LogP contribution in [0.4, 0.5) is 0 Å². The van der Waals surface area contributed by atoms with Gasteiger partial charge in [0.15, 0.2) is 0 Å². The van der Waals surface area contributed by atoms with E-state index in [9.17, 15) is 4.79 Å². The van der Waals surface area contributed by atoms with Crippen LogP contribution in [0.1, 0.15) is 16.1 Å². The van der Waals surface area contributed by atoms with E-state index in [0.717, 1.165) is 5.56 Å². The molecule has 2 rings (SSSR count). The van der Waals surface area contributed by atoms with Crippen molar-refractivity contribution in [1.29, 1.82) is 0 Å². The van der Waals surface area contributed by atoms with Gasteiger partial charge in [0.2, 0.25) is 0 Å². The van der Waals surface area contributed by atoms with E-state index in [0.29, 0.717) is 18.8 Å². The molecule has 2 heterocycles. The number of hydrogen-bond acceptors (Lipinski definition) is 3. The van der Waals surface area contributed by atoms with Crippen LogP contribution >= 0.6 is 0 Å². The molecule has 0 aromatic carbocycles. The zero-order chi connectivity index (χ0) is 9.42. The molecular formula is C8H11N3O2. The first-order valence-electron chi connectivity index (χ1n) is 4.16. The SMILES string of the molecule is Cc1cn[nH]c1C(=O)N1CC(O)C1. The lowest BCUT2D eigenvalue weighted by Crippen LogP contribution is -2.53. The molecule has 1 aromatic heterocycles. The van der Waals surface area contributed by atoms with Crippen molar-refractivity contribution in [3.8, 4) is 0 Å². The van der Waals surface area contributed by atoms with Crippen molar-refractivity contribution < 1.29 is 9.90 Å². The normalized spacial score (nSPS) is 17.2. The average Bonchev–Trinajstić information content (AvgIpc) is 2.44. The molecule has 0 radical (unpaired) electrons. The number of aromatic nitrogens is 2. The predicted molar refractivity (Wildman–Crippen MR) is 45.2 cm³/mol. The Morgan fingerprint density at radius 3 is 2.92 bits per heavy atom. The van der Waals surface area contributed by atoms with Crippen LogP contribution in [0.5, 0.6) is 0 Å². The van der Waals surface area contributed by atoms with Crippen LogP contribution in [0.3, 0.4) is 0 Å². The molecule has 1 aromatic rings. The van der Waals surface area contributed by atoms with E-state index < -0.39 is 0 Å². The highest BCUT2D eigenvalue weighted by atomic mass is 16.3. The first-order valence-corrected chi connectivity index (χ1v) is 4.16. The zero-order valence-corrected chi connectivity index (χ0v) is 7.32. The van der Waals surface area contributed by atoms with Gasteiger partial charge in [-0.05, 0) is 12.5 Å². The lowest BCUT2D eigenvalue weighted by Gasteiger charge is -2.35. The Morgan fingerprint density at radius 2 is 2.46 bits per heavy atom. The van der Waals surface area contributed by atoms with E-state index in [4.69, 9.17) is 5.11 Å². The van der Waals surface area contributed by atoms with Crippen molar-refractivity contribution in [3.63, 3.8) is 0 Å². The molecule has 0 bridgehead atoms. The molecule has 5 heteroatoms. The Morgan fingerprint density at radius 1 is 1.77 bits per heavy atom. The van der Waals surface area contributed by atoms with Crippen LogP contribution in [-0.4, -0.2) is 45.3 Å². The molecule has 1 amide bonds. The number of aryl methyl sites for hydroxylation is 1. The van der Waals surface area contributed by atoms with Gasteiger partial charge in [0.25, 0.3) is 5.91 Å². The topological polar surface area (TPSA) is 69.2 Å². The number of β-amino-alcohol motifs (C(OH)–C–C–N with tert-alkyl or cyclic N) is 1. The quantitative estimate of drug-likeness (QED) is 0.615. The summed E-state index contributed by atoms with van der Waals surface area (Å²) in [4.78, 5) is 13.2. The monoisotopic (exact) mass is 181 g/mol. The number of aromatic amines is 1. The van der Waals surface area contributed by atoms with Crippen molar-refractivity contribution in [3.05, 3.63) is 17.5 Å². The number of aliphatic hydroxyl groups is 1.